The Hall–Kier alpha value is -3.86. The average Bonchev–Trinajstić information content (AvgIpc) is 2.80. The minimum atomic E-state index is -4.55. The molecule has 0 spiro atoms. The van der Waals surface area contributed by atoms with Crippen molar-refractivity contribution in [3.63, 3.8) is 0 Å². The van der Waals surface area contributed by atoms with Gasteiger partial charge in [-0.1, -0.05) is 0 Å². The summed E-state index contributed by atoms with van der Waals surface area (Å²) in [6, 6.07) is 4.42. The minimum Gasteiger partial charge on any atom is -0.478 e. The van der Waals surface area contributed by atoms with E-state index in [1.54, 1.807) is 0 Å². The van der Waals surface area contributed by atoms with E-state index in [9.17, 15) is 36.0 Å². The van der Waals surface area contributed by atoms with Gasteiger partial charge < -0.3 is 20.4 Å². The highest BCUT2D eigenvalue weighted by Crippen LogP contribution is 2.20. The molecule has 0 saturated heterocycles. The second kappa shape index (κ2) is 11.3. The van der Waals surface area contributed by atoms with Crippen LogP contribution in [0.3, 0.4) is 0 Å². The van der Waals surface area contributed by atoms with Crippen molar-refractivity contribution in [1.29, 1.82) is 0 Å². The van der Waals surface area contributed by atoms with Crippen LogP contribution in [0.15, 0.2) is 46.2 Å². The Balaban J connectivity index is 2.00. The van der Waals surface area contributed by atoms with E-state index in [2.05, 4.69) is 0 Å². The van der Waals surface area contributed by atoms with Gasteiger partial charge in [-0.3, -0.25) is 8.37 Å². The molecule has 36 heavy (non-hydrogen) atoms. The molecule has 0 amide bonds. The van der Waals surface area contributed by atoms with Gasteiger partial charge >= 0.3 is 23.9 Å². The molecule has 14 nitrogen and oxygen atoms in total. The second-order valence-corrected chi connectivity index (χ2v) is 10.2. The first-order valence-corrected chi connectivity index (χ1v) is 12.5. The number of hydrogen-bond donors (Lipinski definition) is 4. The molecule has 0 heterocycles. The number of benzene rings is 2. The quantitative estimate of drug-likeness (QED) is 0.205. The Morgan fingerprint density at radius 1 is 0.528 bits per heavy atom. The molecule has 0 unspecified atom stereocenters. The zero-order valence-corrected chi connectivity index (χ0v) is 19.6. The summed E-state index contributed by atoms with van der Waals surface area (Å²) in [5.41, 5.74) is -2.36. The Morgan fingerprint density at radius 2 is 0.778 bits per heavy atom. The third kappa shape index (κ3) is 7.32. The normalized spacial score (nSPS) is 11.7. The van der Waals surface area contributed by atoms with Crippen LogP contribution in [0.5, 0.6) is 0 Å². The Labute approximate surface area is 203 Å². The number of carboxylic acid groups (broad SMARTS) is 4. The molecule has 2 rings (SSSR count). The molecular weight excluding hydrogens is 528 g/mol. The van der Waals surface area contributed by atoms with Gasteiger partial charge in [-0.2, -0.15) is 16.8 Å². The molecule has 194 valence electrons. The van der Waals surface area contributed by atoms with Crippen molar-refractivity contribution in [2.75, 3.05) is 13.2 Å². The molecule has 0 radical (unpaired) electrons. The van der Waals surface area contributed by atoms with Crippen LogP contribution in [0.4, 0.5) is 0 Å². The first kappa shape index (κ1) is 28.4. The average molecular weight is 546 g/mol. The summed E-state index contributed by atoms with van der Waals surface area (Å²) in [6.45, 7) is -0.994. The van der Waals surface area contributed by atoms with Crippen molar-refractivity contribution >= 4 is 44.1 Å². The Morgan fingerprint density at radius 3 is 1.00 bits per heavy atom. The number of hydrogen-bond acceptors (Lipinski definition) is 10. The van der Waals surface area contributed by atoms with E-state index in [4.69, 9.17) is 28.8 Å². The monoisotopic (exact) mass is 546 g/mol. The highest BCUT2D eigenvalue weighted by Gasteiger charge is 2.22. The Kier molecular flexibility index (Phi) is 8.87. The maximum atomic E-state index is 12.3. The molecular formula is C20H18O14S2. The van der Waals surface area contributed by atoms with Crippen molar-refractivity contribution in [1.82, 2.24) is 0 Å². The molecule has 0 aliphatic heterocycles. The highest BCUT2D eigenvalue weighted by atomic mass is 32.2. The summed E-state index contributed by atoms with van der Waals surface area (Å²) >= 11 is 0. The lowest BCUT2D eigenvalue weighted by atomic mass is 10.1. The van der Waals surface area contributed by atoms with Crippen LogP contribution in [0.25, 0.3) is 0 Å². The third-order valence-electron chi connectivity index (χ3n) is 4.39. The highest BCUT2D eigenvalue weighted by molar-refractivity contribution is 7.87. The van der Waals surface area contributed by atoms with E-state index in [1.165, 1.54) is 0 Å². The maximum Gasteiger partial charge on any atom is 0.335 e. The predicted molar refractivity (Wildman–Crippen MR) is 116 cm³/mol. The van der Waals surface area contributed by atoms with Crippen LogP contribution in [-0.4, -0.2) is 74.4 Å². The van der Waals surface area contributed by atoms with Gasteiger partial charge in [-0.15, -0.1) is 0 Å². The van der Waals surface area contributed by atoms with E-state index in [1.807, 2.05) is 0 Å². The van der Waals surface area contributed by atoms with Gasteiger partial charge in [0.05, 0.1) is 45.3 Å². The molecule has 0 aliphatic carbocycles. The fraction of sp³-hybridized carbons (Fsp3) is 0.200. The molecule has 0 bridgehead atoms. The van der Waals surface area contributed by atoms with Crippen LogP contribution in [-0.2, 0) is 28.6 Å². The standard InChI is InChI=1S/C20H18O14S2/c21-17(22)11-5-12(18(23)24)8-15(7-11)35(29,30)33-3-1-2-4-34-36(31,32)16-9-13(19(25)26)6-14(10-16)20(27)28/h5-10H,1-4H2,(H,21,22)(H,23,24)(H,25,26)(H,27,28). The second-order valence-electron chi connectivity index (χ2n) is 6.97. The summed E-state index contributed by atoms with van der Waals surface area (Å²) in [5.74, 6) is -6.23. The number of aromatic carboxylic acids is 4. The number of rotatable bonds is 13. The lowest BCUT2D eigenvalue weighted by Gasteiger charge is -2.09. The molecule has 4 N–H and O–H groups in total. The lowest BCUT2D eigenvalue weighted by molar-refractivity contribution is 0.0675. The van der Waals surface area contributed by atoms with Gasteiger partial charge in [0.1, 0.15) is 0 Å². The molecule has 2 aromatic carbocycles. The minimum absolute atomic E-state index is 0.0747. The van der Waals surface area contributed by atoms with Crippen LogP contribution >= 0.6 is 0 Å². The zero-order chi connectivity index (χ0) is 27.3. The largest absolute Gasteiger partial charge is 0.478 e. The van der Waals surface area contributed by atoms with E-state index < -0.39 is 89.4 Å². The Bertz CT molecular complexity index is 1250. The third-order valence-corrected chi connectivity index (χ3v) is 6.97. The van der Waals surface area contributed by atoms with E-state index >= 15 is 0 Å². The van der Waals surface area contributed by atoms with Crippen LogP contribution in [0, 0.1) is 0 Å². The number of carboxylic acids is 4. The summed E-state index contributed by atoms with van der Waals surface area (Å²) in [4.78, 5) is 43.1. The maximum absolute atomic E-state index is 12.3. The van der Waals surface area contributed by atoms with Gasteiger partial charge in [0, 0.05) is 0 Å². The molecule has 0 aliphatic rings. The van der Waals surface area contributed by atoms with E-state index in [0.29, 0.717) is 0 Å². The van der Waals surface area contributed by atoms with Gasteiger partial charge in [-0.25, -0.2) is 19.2 Å². The summed E-state index contributed by atoms with van der Waals surface area (Å²) < 4.78 is 58.7. The topological polar surface area (TPSA) is 236 Å². The first-order valence-electron chi connectivity index (χ1n) is 9.66. The van der Waals surface area contributed by atoms with E-state index in [0.717, 1.165) is 36.4 Å². The number of unbranched alkanes of at least 4 members (excludes halogenated alkanes) is 1. The lowest BCUT2D eigenvalue weighted by Crippen LogP contribution is -2.13. The van der Waals surface area contributed by atoms with Gasteiger partial charge in [0.15, 0.2) is 0 Å². The summed E-state index contributed by atoms with van der Waals surface area (Å²) in [5, 5.41) is 36.1. The SMILES string of the molecule is O=C(O)c1cc(C(=O)O)cc(S(=O)(=O)OCCCCOS(=O)(=O)c2cc(C(=O)O)cc(C(=O)O)c2)c1. The summed E-state index contributed by atoms with van der Waals surface area (Å²) in [7, 11) is -9.11. The molecule has 0 atom stereocenters. The van der Waals surface area contributed by atoms with E-state index in [-0.39, 0.29) is 12.8 Å². The van der Waals surface area contributed by atoms with Crippen LogP contribution in [0.2, 0.25) is 0 Å². The van der Waals surface area contributed by atoms with Crippen molar-refractivity contribution in [3.8, 4) is 0 Å². The van der Waals surface area contributed by atoms with Gasteiger partial charge in [0.2, 0.25) is 0 Å². The van der Waals surface area contributed by atoms with Crippen LogP contribution < -0.4 is 0 Å². The molecule has 16 heteroatoms. The zero-order valence-electron chi connectivity index (χ0n) is 18.0. The summed E-state index contributed by atoms with van der Waals surface area (Å²) in [6.07, 6.45) is -0.149. The van der Waals surface area contributed by atoms with Crippen molar-refractivity contribution in [3.05, 3.63) is 58.7 Å². The fourth-order valence-corrected chi connectivity index (χ4v) is 4.69. The smallest absolute Gasteiger partial charge is 0.335 e. The van der Waals surface area contributed by atoms with Crippen molar-refractivity contribution in [2.24, 2.45) is 0 Å². The molecule has 0 saturated carbocycles. The van der Waals surface area contributed by atoms with Gasteiger partial charge in [-0.05, 0) is 49.2 Å². The predicted octanol–water partition coefficient (Wildman–Crippen LogP) is 1.37. The van der Waals surface area contributed by atoms with Crippen molar-refractivity contribution < 1.29 is 64.8 Å². The molecule has 0 aromatic heterocycles. The number of carbonyl (C=O) groups is 4. The van der Waals surface area contributed by atoms with Crippen LogP contribution in [0.1, 0.15) is 54.3 Å². The fourth-order valence-electron chi connectivity index (χ4n) is 2.66. The van der Waals surface area contributed by atoms with Crippen molar-refractivity contribution in [2.45, 2.75) is 22.6 Å². The molecule has 2 aromatic rings. The molecule has 0 fully saturated rings. The van der Waals surface area contributed by atoms with Gasteiger partial charge in [0.25, 0.3) is 20.2 Å². The first-order chi connectivity index (χ1) is 16.6.